The average molecular weight is 198 g/mol. The van der Waals surface area contributed by atoms with Crippen molar-refractivity contribution in [2.24, 2.45) is 5.92 Å². The molecule has 1 aliphatic heterocycles. The molecule has 1 rings (SSSR count). The number of likely N-dealkylation sites (tertiary alicyclic amines) is 1. The normalized spacial score (nSPS) is 26.8. The summed E-state index contributed by atoms with van der Waals surface area (Å²) in [6.45, 7) is 14.2. The minimum Gasteiger partial charge on any atom is -0.289 e. The van der Waals surface area contributed by atoms with E-state index >= 15 is 0 Å². The van der Waals surface area contributed by atoms with Crippen LogP contribution in [0.25, 0.3) is 0 Å². The third-order valence-electron chi connectivity index (χ3n) is 3.56. The highest BCUT2D eigenvalue weighted by molar-refractivity contribution is 4.75. The number of rotatable bonds is 4. The third kappa shape index (κ3) is 2.96. The lowest BCUT2D eigenvalue weighted by atomic mass is 10.00. The zero-order valence-electron chi connectivity index (χ0n) is 10.3. The summed E-state index contributed by atoms with van der Waals surface area (Å²) in [6.07, 6.45) is 3.43. The van der Waals surface area contributed by atoms with Gasteiger partial charge in [-0.3, -0.25) is 9.80 Å². The molecule has 0 spiro atoms. The molecule has 1 aliphatic rings. The lowest BCUT2D eigenvalue weighted by Crippen LogP contribution is -2.49. The predicted octanol–water partition coefficient (Wildman–Crippen LogP) is 2.41. The van der Waals surface area contributed by atoms with Gasteiger partial charge in [-0.05, 0) is 45.3 Å². The van der Waals surface area contributed by atoms with Crippen molar-refractivity contribution in [2.45, 2.75) is 46.7 Å². The summed E-state index contributed by atoms with van der Waals surface area (Å²) in [5, 5.41) is 0. The second-order valence-electron chi connectivity index (χ2n) is 4.60. The minimum absolute atomic E-state index is 0.632. The molecule has 2 nitrogen and oxygen atoms in total. The van der Waals surface area contributed by atoms with Crippen LogP contribution in [0.4, 0.5) is 0 Å². The van der Waals surface area contributed by atoms with Crippen molar-refractivity contribution in [1.82, 2.24) is 9.80 Å². The minimum atomic E-state index is 0.632. The smallest absolute Gasteiger partial charge is 0.0593 e. The number of nitrogens with zero attached hydrogens (tertiary/aromatic N) is 2. The van der Waals surface area contributed by atoms with E-state index in [0.717, 1.165) is 5.92 Å². The molecule has 84 valence electrons. The maximum absolute atomic E-state index is 2.64. The summed E-state index contributed by atoms with van der Waals surface area (Å²) in [6, 6.07) is 0. The van der Waals surface area contributed by atoms with Crippen LogP contribution in [-0.2, 0) is 0 Å². The van der Waals surface area contributed by atoms with Crippen molar-refractivity contribution >= 4 is 0 Å². The van der Waals surface area contributed by atoms with Crippen molar-refractivity contribution in [3.05, 3.63) is 0 Å². The highest BCUT2D eigenvalue weighted by Crippen LogP contribution is 2.18. The van der Waals surface area contributed by atoms with E-state index < -0.39 is 0 Å². The van der Waals surface area contributed by atoms with Crippen LogP contribution in [-0.4, -0.2) is 42.1 Å². The van der Waals surface area contributed by atoms with E-state index in [9.17, 15) is 0 Å². The Kier molecular flexibility index (Phi) is 4.90. The van der Waals surface area contributed by atoms with Crippen LogP contribution in [0.2, 0.25) is 0 Å². The first-order chi connectivity index (χ1) is 6.69. The topological polar surface area (TPSA) is 6.48 Å². The molecule has 2 atom stereocenters. The first-order valence-corrected chi connectivity index (χ1v) is 6.17. The second kappa shape index (κ2) is 5.72. The third-order valence-corrected chi connectivity index (χ3v) is 3.56. The fourth-order valence-corrected chi connectivity index (χ4v) is 2.55. The van der Waals surface area contributed by atoms with Gasteiger partial charge in [0.1, 0.15) is 0 Å². The summed E-state index contributed by atoms with van der Waals surface area (Å²) in [4.78, 5) is 5.18. The fraction of sp³-hybridized carbons (Fsp3) is 1.00. The molecular weight excluding hydrogens is 172 g/mol. The van der Waals surface area contributed by atoms with E-state index in [0.29, 0.717) is 6.17 Å². The van der Waals surface area contributed by atoms with Gasteiger partial charge >= 0.3 is 0 Å². The molecule has 0 aromatic carbocycles. The zero-order valence-corrected chi connectivity index (χ0v) is 10.3. The van der Waals surface area contributed by atoms with Crippen LogP contribution < -0.4 is 0 Å². The van der Waals surface area contributed by atoms with Crippen LogP contribution in [0.1, 0.15) is 40.5 Å². The lowest BCUT2D eigenvalue weighted by molar-refractivity contribution is 0.0329. The zero-order chi connectivity index (χ0) is 10.6. The summed E-state index contributed by atoms with van der Waals surface area (Å²) in [5.74, 6) is 0.891. The van der Waals surface area contributed by atoms with Crippen LogP contribution in [0.3, 0.4) is 0 Å². The van der Waals surface area contributed by atoms with Crippen LogP contribution in [0, 0.1) is 5.92 Å². The second-order valence-corrected chi connectivity index (χ2v) is 4.60. The molecule has 1 fully saturated rings. The monoisotopic (exact) mass is 198 g/mol. The summed E-state index contributed by atoms with van der Waals surface area (Å²) in [7, 11) is 0. The molecule has 14 heavy (non-hydrogen) atoms. The molecule has 2 heteroatoms. The predicted molar refractivity (Wildman–Crippen MR) is 62.4 cm³/mol. The Hall–Kier alpha value is -0.0800. The first kappa shape index (κ1) is 12.0. The van der Waals surface area contributed by atoms with Gasteiger partial charge in [0.2, 0.25) is 0 Å². The molecule has 0 N–H and O–H groups in total. The Morgan fingerprint density at radius 1 is 1.36 bits per heavy atom. The van der Waals surface area contributed by atoms with Gasteiger partial charge in [-0.25, -0.2) is 0 Å². The summed E-state index contributed by atoms with van der Waals surface area (Å²) in [5.41, 5.74) is 0. The maximum Gasteiger partial charge on any atom is 0.0593 e. The quantitative estimate of drug-likeness (QED) is 0.684. The molecule has 0 amide bonds. The molecule has 0 aliphatic carbocycles. The lowest BCUT2D eigenvalue weighted by Gasteiger charge is -2.40. The van der Waals surface area contributed by atoms with Crippen molar-refractivity contribution in [3.8, 4) is 0 Å². The van der Waals surface area contributed by atoms with E-state index in [1.165, 1.54) is 39.0 Å². The Bertz CT molecular complexity index is 154. The Balaban J connectivity index is 2.45. The van der Waals surface area contributed by atoms with Gasteiger partial charge in [-0.15, -0.1) is 0 Å². The Morgan fingerprint density at radius 3 is 2.50 bits per heavy atom. The van der Waals surface area contributed by atoms with E-state index in [-0.39, 0.29) is 0 Å². The molecule has 0 bridgehead atoms. The largest absolute Gasteiger partial charge is 0.289 e. The fourth-order valence-electron chi connectivity index (χ4n) is 2.55. The molecule has 0 radical (unpaired) electrons. The van der Waals surface area contributed by atoms with Gasteiger partial charge in [0, 0.05) is 6.54 Å². The van der Waals surface area contributed by atoms with Gasteiger partial charge in [-0.2, -0.15) is 0 Å². The Morgan fingerprint density at radius 2 is 2.00 bits per heavy atom. The molecule has 0 aromatic heterocycles. The molecule has 2 unspecified atom stereocenters. The van der Waals surface area contributed by atoms with E-state index in [1.54, 1.807) is 0 Å². The number of piperidine rings is 1. The van der Waals surface area contributed by atoms with Gasteiger partial charge in [-0.1, -0.05) is 20.8 Å². The standard InChI is InChI=1S/C12H26N2/c1-5-13(6-2)12(4)14-9-7-8-11(3)10-14/h11-12H,5-10H2,1-4H3. The van der Waals surface area contributed by atoms with Gasteiger partial charge < -0.3 is 0 Å². The van der Waals surface area contributed by atoms with E-state index in [4.69, 9.17) is 0 Å². The van der Waals surface area contributed by atoms with E-state index in [2.05, 4.69) is 37.5 Å². The summed E-state index contributed by atoms with van der Waals surface area (Å²) >= 11 is 0. The maximum atomic E-state index is 2.64. The van der Waals surface area contributed by atoms with Crippen LogP contribution >= 0.6 is 0 Å². The van der Waals surface area contributed by atoms with Crippen molar-refractivity contribution < 1.29 is 0 Å². The van der Waals surface area contributed by atoms with Gasteiger partial charge in [0.15, 0.2) is 0 Å². The molecule has 0 saturated carbocycles. The van der Waals surface area contributed by atoms with Crippen LogP contribution in [0.15, 0.2) is 0 Å². The van der Waals surface area contributed by atoms with Crippen molar-refractivity contribution in [2.75, 3.05) is 26.2 Å². The molecule has 1 heterocycles. The highest BCUT2D eigenvalue weighted by atomic mass is 15.3. The molecule has 0 aromatic rings. The summed E-state index contributed by atoms with van der Waals surface area (Å²) < 4.78 is 0. The Labute approximate surface area is 89.3 Å². The van der Waals surface area contributed by atoms with Gasteiger partial charge in [0.25, 0.3) is 0 Å². The van der Waals surface area contributed by atoms with Crippen molar-refractivity contribution in [3.63, 3.8) is 0 Å². The van der Waals surface area contributed by atoms with E-state index in [1.807, 2.05) is 0 Å². The SMILES string of the molecule is CCN(CC)C(C)N1CCCC(C)C1. The molecule has 1 saturated heterocycles. The average Bonchev–Trinajstić information content (AvgIpc) is 2.19. The number of hydrogen-bond donors (Lipinski definition) is 0. The first-order valence-electron chi connectivity index (χ1n) is 6.17. The molecular formula is C12H26N2. The number of hydrogen-bond acceptors (Lipinski definition) is 2. The highest BCUT2D eigenvalue weighted by Gasteiger charge is 2.23. The van der Waals surface area contributed by atoms with Crippen LogP contribution in [0.5, 0.6) is 0 Å². The van der Waals surface area contributed by atoms with Gasteiger partial charge in [0.05, 0.1) is 6.17 Å². The van der Waals surface area contributed by atoms with Crippen molar-refractivity contribution in [1.29, 1.82) is 0 Å².